The molecule has 0 aliphatic rings. The highest BCUT2D eigenvalue weighted by atomic mass is 35.5. The standard InChI is InChI=1S/C18H15ClN2O3/c1-12-14(10-20-21(12)16-6-4-15(19)5-7-16)11-24-17-8-2-13(3-9-17)18(22)23/h2-10H,11H2,1H3,(H,22,23). The van der Waals surface area contributed by atoms with E-state index in [1.807, 2.05) is 35.9 Å². The summed E-state index contributed by atoms with van der Waals surface area (Å²) in [7, 11) is 0. The van der Waals surface area contributed by atoms with Gasteiger partial charge in [-0.1, -0.05) is 11.6 Å². The van der Waals surface area contributed by atoms with Crippen LogP contribution in [0.2, 0.25) is 5.02 Å². The van der Waals surface area contributed by atoms with E-state index in [1.54, 1.807) is 18.3 Å². The van der Waals surface area contributed by atoms with Gasteiger partial charge in [-0.25, -0.2) is 9.48 Å². The van der Waals surface area contributed by atoms with Gasteiger partial charge in [-0.2, -0.15) is 5.10 Å². The molecule has 0 saturated carbocycles. The lowest BCUT2D eigenvalue weighted by Gasteiger charge is -2.08. The molecule has 1 heterocycles. The minimum Gasteiger partial charge on any atom is -0.489 e. The van der Waals surface area contributed by atoms with Crippen molar-refractivity contribution in [3.8, 4) is 11.4 Å². The van der Waals surface area contributed by atoms with Gasteiger partial charge in [-0.3, -0.25) is 0 Å². The van der Waals surface area contributed by atoms with Crippen LogP contribution in [0.1, 0.15) is 21.6 Å². The van der Waals surface area contributed by atoms with E-state index in [1.165, 1.54) is 12.1 Å². The summed E-state index contributed by atoms with van der Waals surface area (Å²) in [4.78, 5) is 10.8. The Hall–Kier alpha value is -2.79. The van der Waals surface area contributed by atoms with Crippen molar-refractivity contribution >= 4 is 17.6 Å². The Morgan fingerprint density at radius 1 is 1.17 bits per heavy atom. The molecule has 6 heteroatoms. The van der Waals surface area contributed by atoms with Crippen LogP contribution in [-0.2, 0) is 6.61 Å². The number of aromatic nitrogens is 2. The zero-order valence-corrected chi connectivity index (χ0v) is 13.7. The lowest BCUT2D eigenvalue weighted by atomic mass is 10.2. The highest BCUT2D eigenvalue weighted by molar-refractivity contribution is 6.30. The predicted octanol–water partition coefficient (Wildman–Crippen LogP) is 4.11. The number of rotatable bonds is 5. The molecule has 0 aliphatic carbocycles. The second-order valence-corrected chi connectivity index (χ2v) is 5.70. The van der Waals surface area contributed by atoms with E-state index >= 15 is 0 Å². The maximum Gasteiger partial charge on any atom is 0.335 e. The van der Waals surface area contributed by atoms with Gasteiger partial charge in [-0.15, -0.1) is 0 Å². The van der Waals surface area contributed by atoms with Gasteiger partial charge in [-0.05, 0) is 55.5 Å². The molecule has 3 aromatic rings. The Morgan fingerprint density at radius 2 is 1.83 bits per heavy atom. The van der Waals surface area contributed by atoms with Crippen LogP contribution >= 0.6 is 11.6 Å². The van der Waals surface area contributed by atoms with Gasteiger partial charge in [0.2, 0.25) is 0 Å². The number of nitrogens with zero attached hydrogens (tertiary/aromatic N) is 2. The van der Waals surface area contributed by atoms with Crippen LogP contribution in [0.15, 0.2) is 54.7 Å². The summed E-state index contributed by atoms with van der Waals surface area (Å²) in [6, 6.07) is 13.7. The molecule has 3 rings (SSSR count). The monoisotopic (exact) mass is 342 g/mol. The molecule has 122 valence electrons. The molecule has 24 heavy (non-hydrogen) atoms. The number of benzene rings is 2. The molecule has 1 N–H and O–H groups in total. The number of ether oxygens (including phenoxy) is 1. The molecule has 0 aliphatic heterocycles. The van der Waals surface area contributed by atoms with Crippen molar-refractivity contribution in [3.05, 3.63) is 76.6 Å². The predicted molar refractivity (Wildman–Crippen MR) is 91.0 cm³/mol. The van der Waals surface area contributed by atoms with Gasteiger partial charge in [0, 0.05) is 16.3 Å². The number of hydrogen-bond acceptors (Lipinski definition) is 3. The molecule has 5 nitrogen and oxygen atoms in total. The fourth-order valence-corrected chi connectivity index (χ4v) is 2.41. The lowest BCUT2D eigenvalue weighted by Crippen LogP contribution is -2.01. The molecule has 0 bridgehead atoms. The molecular weight excluding hydrogens is 328 g/mol. The summed E-state index contributed by atoms with van der Waals surface area (Å²) in [6.45, 7) is 2.32. The summed E-state index contributed by atoms with van der Waals surface area (Å²) in [5, 5.41) is 13.9. The Labute approximate surface area is 144 Å². The lowest BCUT2D eigenvalue weighted by molar-refractivity contribution is 0.0697. The topological polar surface area (TPSA) is 64.3 Å². The number of carboxylic acid groups (broad SMARTS) is 1. The van der Waals surface area contributed by atoms with Crippen molar-refractivity contribution in [2.75, 3.05) is 0 Å². The van der Waals surface area contributed by atoms with Crippen LogP contribution in [0, 0.1) is 6.92 Å². The van der Waals surface area contributed by atoms with Crippen molar-refractivity contribution < 1.29 is 14.6 Å². The molecule has 0 fully saturated rings. The zero-order valence-electron chi connectivity index (χ0n) is 12.9. The SMILES string of the molecule is Cc1c(COc2ccc(C(=O)O)cc2)cnn1-c1ccc(Cl)cc1. The van der Waals surface area contributed by atoms with Gasteiger partial charge in [0.05, 0.1) is 17.4 Å². The van der Waals surface area contributed by atoms with E-state index in [9.17, 15) is 4.79 Å². The summed E-state index contributed by atoms with van der Waals surface area (Å²) < 4.78 is 7.53. The minimum atomic E-state index is -0.957. The van der Waals surface area contributed by atoms with Crippen LogP contribution in [0.25, 0.3) is 5.69 Å². The molecule has 0 atom stereocenters. The van der Waals surface area contributed by atoms with E-state index in [4.69, 9.17) is 21.4 Å². The first kappa shape index (κ1) is 16.1. The average Bonchev–Trinajstić information content (AvgIpc) is 2.95. The largest absolute Gasteiger partial charge is 0.489 e. The molecule has 0 saturated heterocycles. The summed E-state index contributed by atoms with van der Waals surface area (Å²) in [5.74, 6) is -0.347. The number of hydrogen-bond donors (Lipinski definition) is 1. The fourth-order valence-electron chi connectivity index (χ4n) is 2.28. The number of carbonyl (C=O) groups is 1. The number of aromatic carboxylic acids is 1. The third-order valence-corrected chi connectivity index (χ3v) is 3.93. The fraction of sp³-hybridized carbons (Fsp3) is 0.111. The molecule has 1 aromatic heterocycles. The zero-order chi connectivity index (χ0) is 17.1. The van der Waals surface area contributed by atoms with Crippen LogP contribution in [0.5, 0.6) is 5.75 Å². The second kappa shape index (κ2) is 6.76. The van der Waals surface area contributed by atoms with Gasteiger partial charge in [0.15, 0.2) is 0 Å². The van der Waals surface area contributed by atoms with E-state index in [0.29, 0.717) is 17.4 Å². The minimum absolute atomic E-state index is 0.231. The van der Waals surface area contributed by atoms with Crippen molar-refractivity contribution in [1.82, 2.24) is 9.78 Å². The average molecular weight is 343 g/mol. The van der Waals surface area contributed by atoms with Crippen molar-refractivity contribution in [2.24, 2.45) is 0 Å². The first-order valence-corrected chi connectivity index (χ1v) is 7.68. The Morgan fingerprint density at radius 3 is 2.46 bits per heavy atom. The molecule has 0 unspecified atom stereocenters. The number of halogens is 1. The van der Waals surface area contributed by atoms with Crippen molar-refractivity contribution in [2.45, 2.75) is 13.5 Å². The Kier molecular flexibility index (Phi) is 4.53. The van der Waals surface area contributed by atoms with Gasteiger partial charge < -0.3 is 9.84 Å². The van der Waals surface area contributed by atoms with Crippen LogP contribution in [0.4, 0.5) is 0 Å². The quantitative estimate of drug-likeness (QED) is 0.757. The van der Waals surface area contributed by atoms with E-state index < -0.39 is 5.97 Å². The molecular formula is C18H15ClN2O3. The third-order valence-electron chi connectivity index (χ3n) is 3.68. The van der Waals surface area contributed by atoms with Gasteiger partial charge >= 0.3 is 5.97 Å². The van der Waals surface area contributed by atoms with Gasteiger partial charge in [0.25, 0.3) is 0 Å². The molecule has 0 amide bonds. The van der Waals surface area contributed by atoms with Crippen LogP contribution in [-0.4, -0.2) is 20.9 Å². The van der Waals surface area contributed by atoms with Crippen LogP contribution < -0.4 is 4.74 Å². The molecule has 2 aromatic carbocycles. The highest BCUT2D eigenvalue weighted by Crippen LogP contribution is 2.19. The Balaban J connectivity index is 1.72. The first-order chi connectivity index (χ1) is 11.5. The summed E-state index contributed by atoms with van der Waals surface area (Å²) >= 11 is 5.91. The number of carboxylic acids is 1. The van der Waals surface area contributed by atoms with E-state index in [-0.39, 0.29) is 5.56 Å². The highest BCUT2D eigenvalue weighted by Gasteiger charge is 2.09. The molecule has 0 spiro atoms. The van der Waals surface area contributed by atoms with E-state index in [0.717, 1.165) is 16.9 Å². The van der Waals surface area contributed by atoms with Crippen LogP contribution in [0.3, 0.4) is 0 Å². The summed E-state index contributed by atoms with van der Waals surface area (Å²) in [5.41, 5.74) is 3.08. The summed E-state index contributed by atoms with van der Waals surface area (Å²) in [6.07, 6.45) is 1.76. The normalized spacial score (nSPS) is 10.6. The third kappa shape index (κ3) is 3.41. The molecule has 0 radical (unpaired) electrons. The maximum atomic E-state index is 10.8. The van der Waals surface area contributed by atoms with Crippen molar-refractivity contribution in [3.63, 3.8) is 0 Å². The van der Waals surface area contributed by atoms with Gasteiger partial charge in [0.1, 0.15) is 12.4 Å². The second-order valence-electron chi connectivity index (χ2n) is 5.26. The Bertz CT molecular complexity index is 855. The van der Waals surface area contributed by atoms with Crippen molar-refractivity contribution in [1.29, 1.82) is 0 Å². The first-order valence-electron chi connectivity index (χ1n) is 7.30. The smallest absolute Gasteiger partial charge is 0.335 e. The maximum absolute atomic E-state index is 10.8. The van der Waals surface area contributed by atoms with E-state index in [2.05, 4.69) is 5.10 Å².